The van der Waals surface area contributed by atoms with E-state index >= 15 is 0 Å². The first-order valence-corrected chi connectivity index (χ1v) is 5.97. The third-order valence-electron chi connectivity index (χ3n) is 2.29. The number of rotatable bonds is 4. The van der Waals surface area contributed by atoms with Crippen LogP contribution in [0.1, 0.15) is 19.4 Å². The van der Waals surface area contributed by atoms with Crippen molar-refractivity contribution in [1.29, 1.82) is 0 Å². The largest absolute Gasteiger partial charge is 0.493 e. The lowest BCUT2D eigenvalue weighted by Gasteiger charge is -2.22. The molecule has 0 heterocycles. The molecule has 0 aliphatic heterocycles. The van der Waals surface area contributed by atoms with E-state index in [2.05, 4.69) is 15.9 Å². The maximum atomic E-state index is 13.7. The molecule has 0 saturated heterocycles. The van der Waals surface area contributed by atoms with E-state index in [0.29, 0.717) is 28.0 Å². The van der Waals surface area contributed by atoms with Gasteiger partial charge in [0.1, 0.15) is 5.82 Å². The molecule has 0 aliphatic rings. The van der Waals surface area contributed by atoms with E-state index in [-0.39, 0.29) is 5.82 Å². The molecule has 0 atom stereocenters. The molecule has 1 aromatic rings. The van der Waals surface area contributed by atoms with Gasteiger partial charge in [0.2, 0.25) is 0 Å². The molecule has 0 spiro atoms. The van der Waals surface area contributed by atoms with Crippen molar-refractivity contribution in [2.45, 2.75) is 25.8 Å². The van der Waals surface area contributed by atoms with Crippen molar-refractivity contribution in [3.8, 4) is 11.5 Å². The number of methoxy groups -OCH3 is 2. The van der Waals surface area contributed by atoms with Gasteiger partial charge in [-0.2, -0.15) is 0 Å². The maximum Gasteiger partial charge on any atom is 0.165 e. The first-order chi connectivity index (χ1) is 7.80. The molecule has 5 heteroatoms. The Kier molecular flexibility index (Phi) is 4.38. The fourth-order valence-electron chi connectivity index (χ4n) is 1.63. The van der Waals surface area contributed by atoms with Gasteiger partial charge in [-0.1, -0.05) is 0 Å². The first-order valence-electron chi connectivity index (χ1n) is 5.18. The Morgan fingerprint density at radius 3 is 2.35 bits per heavy atom. The smallest absolute Gasteiger partial charge is 0.165 e. The average Bonchev–Trinajstić information content (AvgIpc) is 2.22. The summed E-state index contributed by atoms with van der Waals surface area (Å²) in [4.78, 5) is 0. The van der Waals surface area contributed by atoms with Crippen LogP contribution in [0, 0.1) is 5.82 Å². The monoisotopic (exact) mass is 305 g/mol. The van der Waals surface area contributed by atoms with Crippen molar-refractivity contribution in [2.24, 2.45) is 5.73 Å². The van der Waals surface area contributed by atoms with Gasteiger partial charge in [0, 0.05) is 17.2 Å². The zero-order chi connectivity index (χ0) is 13.2. The lowest BCUT2D eigenvalue weighted by atomic mass is 9.95. The molecule has 0 aliphatic carbocycles. The van der Waals surface area contributed by atoms with Crippen LogP contribution in [-0.4, -0.2) is 19.8 Å². The highest BCUT2D eigenvalue weighted by atomic mass is 79.9. The second-order valence-electron chi connectivity index (χ2n) is 4.55. The van der Waals surface area contributed by atoms with E-state index < -0.39 is 5.54 Å². The van der Waals surface area contributed by atoms with E-state index in [1.165, 1.54) is 20.3 Å². The molecule has 2 N–H and O–H groups in total. The molecule has 0 bridgehead atoms. The average molecular weight is 306 g/mol. The topological polar surface area (TPSA) is 44.5 Å². The highest BCUT2D eigenvalue weighted by molar-refractivity contribution is 9.10. The molecule has 0 aromatic heterocycles. The molecule has 0 radical (unpaired) electrons. The zero-order valence-corrected chi connectivity index (χ0v) is 12.0. The minimum absolute atomic E-state index is 0.368. The standard InChI is InChI=1S/C12H17BrFNO2/c1-12(2,15)6-7-10(13)8(14)5-9(16-3)11(7)17-4/h5H,6,15H2,1-4H3. The van der Waals surface area contributed by atoms with Crippen molar-refractivity contribution in [2.75, 3.05) is 14.2 Å². The molecular formula is C12H17BrFNO2. The summed E-state index contributed by atoms with van der Waals surface area (Å²) in [7, 11) is 3.00. The highest BCUT2D eigenvalue weighted by Crippen LogP contribution is 2.39. The van der Waals surface area contributed by atoms with Crippen molar-refractivity contribution in [3.05, 3.63) is 21.9 Å². The second kappa shape index (κ2) is 5.23. The zero-order valence-electron chi connectivity index (χ0n) is 10.4. The molecule has 0 saturated carbocycles. The Bertz CT molecular complexity index is 416. The summed E-state index contributed by atoms with van der Waals surface area (Å²) in [5.41, 5.74) is 6.18. The number of hydrogen-bond donors (Lipinski definition) is 1. The van der Waals surface area contributed by atoms with Crippen LogP contribution in [0.15, 0.2) is 10.5 Å². The number of hydrogen-bond acceptors (Lipinski definition) is 3. The van der Waals surface area contributed by atoms with Crippen LogP contribution in [0.2, 0.25) is 0 Å². The molecule has 1 rings (SSSR count). The molecule has 3 nitrogen and oxygen atoms in total. The lowest BCUT2D eigenvalue weighted by molar-refractivity contribution is 0.345. The fourth-order valence-corrected chi connectivity index (χ4v) is 2.06. The van der Waals surface area contributed by atoms with Crippen LogP contribution in [-0.2, 0) is 6.42 Å². The first kappa shape index (κ1) is 14.3. The highest BCUT2D eigenvalue weighted by Gasteiger charge is 2.23. The van der Waals surface area contributed by atoms with Crippen molar-refractivity contribution < 1.29 is 13.9 Å². The van der Waals surface area contributed by atoms with Gasteiger partial charge in [0.25, 0.3) is 0 Å². The van der Waals surface area contributed by atoms with Gasteiger partial charge in [-0.3, -0.25) is 0 Å². The summed E-state index contributed by atoms with van der Waals surface area (Å²) in [6, 6.07) is 1.29. The lowest BCUT2D eigenvalue weighted by Crippen LogP contribution is -2.34. The van der Waals surface area contributed by atoms with Gasteiger partial charge in [-0.05, 0) is 36.2 Å². The van der Waals surface area contributed by atoms with Crippen molar-refractivity contribution in [1.82, 2.24) is 0 Å². The third kappa shape index (κ3) is 3.33. The summed E-state index contributed by atoms with van der Waals surface area (Å²) in [6.07, 6.45) is 0.477. The molecular weight excluding hydrogens is 289 g/mol. The van der Waals surface area contributed by atoms with Crippen LogP contribution in [0.5, 0.6) is 11.5 Å². The molecule has 96 valence electrons. The van der Waals surface area contributed by atoms with Gasteiger partial charge in [0.05, 0.1) is 18.7 Å². The van der Waals surface area contributed by atoms with Crippen LogP contribution >= 0.6 is 15.9 Å². The SMILES string of the molecule is COc1cc(F)c(Br)c(CC(C)(C)N)c1OC. The van der Waals surface area contributed by atoms with Crippen LogP contribution < -0.4 is 15.2 Å². The molecule has 1 aromatic carbocycles. The Hall–Kier alpha value is -0.810. The van der Waals surface area contributed by atoms with Gasteiger partial charge in [-0.15, -0.1) is 0 Å². The Morgan fingerprint density at radius 2 is 1.94 bits per heavy atom. The summed E-state index contributed by atoms with van der Waals surface area (Å²) < 4.78 is 24.4. The Morgan fingerprint density at radius 1 is 1.35 bits per heavy atom. The molecule has 0 amide bonds. The predicted molar refractivity (Wildman–Crippen MR) is 69.2 cm³/mol. The van der Waals surface area contributed by atoms with Crippen LogP contribution in [0.4, 0.5) is 4.39 Å². The maximum absolute atomic E-state index is 13.7. The Labute approximate surface area is 109 Å². The summed E-state index contributed by atoms with van der Waals surface area (Å²) >= 11 is 3.22. The van der Waals surface area contributed by atoms with E-state index in [0.717, 1.165) is 0 Å². The quantitative estimate of drug-likeness (QED) is 0.930. The van der Waals surface area contributed by atoms with E-state index in [4.69, 9.17) is 15.2 Å². The minimum Gasteiger partial charge on any atom is -0.493 e. The number of ether oxygens (including phenoxy) is 2. The second-order valence-corrected chi connectivity index (χ2v) is 5.34. The van der Waals surface area contributed by atoms with Crippen molar-refractivity contribution in [3.63, 3.8) is 0 Å². The summed E-state index contributed by atoms with van der Waals surface area (Å²) in [5, 5.41) is 0. The number of nitrogens with two attached hydrogens (primary N) is 1. The van der Waals surface area contributed by atoms with Gasteiger partial charge in [0.15, 0.2) is 11.5 Å². The van der Waals surface area contributed by atoms with E-state index in [1.54, 1.807) is 0 Å². The number of benzene rings is 1. The minimum atomic E-state index is -0.464. The molecule has 0 unspecified atom stereocenters. The molecule has 17 heavy (non-hydrogen) atoms. The third-order valence-corrected chi connectivity index (χ3v) is 3.14. The van der Waals surface area contributed by atoms with E-state index in [9.17, 15) is 4.39 Å². The van der Waals surface area contributed by atoms with Gasteiger partial charge in [-0.25, -0.2) is 4.39 Å². The molecule has 0 fully saturated rings. The van der Waals surface area contributed by atoms with E-state index in [1.807, 2.05) is 13.8 Å². The Balaban J connectivity index is 3.38. The predicted octanol–water partition coefficient (Wildman–Crippen LogP) is 2.89. The summed E-state index contributed by atoms with van der Waals surface area (Å²) in [6.45, 7) is 3.74. The normalized spacial score (nSPS) is 11.5. The number of halogens is 2. The van der Waals surface area contributed by atoms with Crippen molar-refractivity contribution >= 4 is 15.9 Å². The van der Waals surface area contributed by atoms with Crippen LogP contribution in [0.3, 0.4) is 0 Å². The summed E-state index contributed by atoms with van der Waals surface area (Å²) in [5.74, 6) is 0.494. The van der Waals surface area contributed by atoms with Gasteiger partial charge < -0.3 is 15.2 Å². The van der Waals surface area contributed by atoms with Crippen LogP contribution in [0.25, 0.3) is 0 Å². The van der Waals surface area contributed by atoms with Gasteiger partial charge >= 0.3 is 0 Å². The fraction of sp³-hybridized carbons (Fsp3) is 0.500.